The number of hydrogen-bond acceptors (Lipinski definition) is 3. The van der Waals surface area contributed by atoms with Crippen molar-refractivity contribution in [1.82, 2.24) is 5.32 Å². The van der Waals surface area contributed by atoms with Crippen molar-refractivity contribution in [2.75, 3.05) is 6.61 Å². The molecule has 0 heterocycles. The fraction of sp³-hybridized carbons (Fsp3) is 0.682. The first-order valence-electron chi connectivity index (χ1n) is 10.3. The molecule has 3 N–H and O–H groups in total. The highest BCUT2D eigenvalue weighted by Gasteiger charge is 2.21. The zero-order valence-electron chi connectivity index (χ0n) is 16.5. The van der Waals surface area contributed by atoms with Crippen LogP contribution in [-0.2, 0) is 0 Å². The van der Waals surface area contributed by atoms with Crippen molar-refractivity contribution in [2.45, 2.75) is 90.2 Å². The minimum absolute atomic E-state index is 0.242. The van der Waals surface area contributed by atoms with Crippen molar-refractivity contribution in [1.29, 1.82) is 0 Å². The van der Waals surface area contributed by atoms with E-state index in [1.165, 1.54) is 44.9 Å². The molecule has 2 atom stereocenters. The number of aryl methyl sites for hydroxylation is 1. The van der Waals surface area contributed by atoms with Crippen LogP contribution in [0.3, 0.4) is 0 Å². The minimum atomic E-state index is -0.711. The predicted octanol–water partition coefficient (Wildman–Crippen LogP) is 4.37. The lowest BCUT2D eigenvalue weighted by atomic mass is 10.0. The van der Waals surface area contributed by atoms with E-state index in [1.54, 1.807) is 6.07 Å². The number of carbonyl (C=O) groups is 1. The molecule has 4 nitrogen and oxygen atoms in total. The number of rotatable bonds is 14. The molecule has 148 valence electrons. The number of carbonyl (C=O) groups excluding carboxylic acids is 1. The van der Waals surface area contributed by atoms with Crippen LogP contribution in [0.4, 0.5) is 0 Å². The van der Waals surface area contributed by atoms with Gasteiger partial charge in [0, 0.05) is 5.56 Å². The maximum atomic E-state index is 12.3. The Morgan fingerprint density at radius 3 is 2.15 bits per heavy atom. The first-order valence-corrected chi connectivity index (χ1v) is 10.3. The van der Waals surface area contributed by atoms with E-state index in [9.17, 15) is 15.0 Å². The summed E-state index contributed by atoms with van der Waals surface area (Å²) in [5.41, 5.74) is 1.47. The van der Waals surface area contributed by atoms with Gasteiger partial charge in [0.05, 0.1) is 18.8 Å². The lowest BCUT2D eigenvalue weighted by Gasteiger charge is -2.22. The van der Waals surface area contributed by atoms with Gasteiger partial charge in [-0.05, 0) is 25.0 Å². The normalized spacial score (nSPS) is 13.4. The molecule has 0 fully saturated rings. The summed E-state index contributed by atoms with van der Waals surface area (Å²) in [6.07, 6.45) is 10.9. The first kappa shape index (κ1) is 22.7. The molecule has 2 unspecified atom stereocenters. The van der Waals surface area contributed by atoms with Crippen LogP contribution in [0.1, 0.15) is 87.1 Å². The van der Waals surface area contributed by atoms with E-state index in [2.05, 4.69) is 12.2 Å². The molecule has 0 aliphatic rings. The molecule has 0 bridgehead atoms. The lowest BCUT2D eigenvalue weighted by Crippen LogP contribution is -2.46. The van der Waals surface area contributed by atoms with Gasteiger partial charge in [-0.3, -0.25) is 4.79 Å². The standard InChI is InChI=1S/C22H37NO3/c1-3-4-5-6-7-8-9-10-11-16-21(25)20(17-24)23-22(26)19-15-13-12-14-18(19)2/h12-15,20-21,24-25H,3-11,16-17H2,1-2H3,(H,23,26). The number of nitrogens with one attached hydrogen (secondary N) is 1. The van der Waals surface area contributed by atoms with Crippen LogP contribution in [0, 0.1) is 6.92 Å². The number of unbranched alkanes of at least 4 members (excludes halogenated alkanes) is 8. The second-order valence-electron chi connectivity index (χ2n) is 7.26. The van der Waals surface area contributed by atoms with E-state index in [4.69, 9.17) is 0 Å². The summed E-state index contributed by atoms with van der Waals surface area (Å²) in [4.78, 5) is 12.3. The highest BCUT2D eigenvalue weighted by atomic mass is 16.3. The molecule has 4 heteroatoms. The van der Waals surface area contributed by atoms with Gasteiger partial charge < -0.3 is 15.5 Å². The van der Waals surface area contributed by atoms with Gasteiger partial charge in [0.15, 0.2) is 0 Å². The van der Waals surface area contributed by atoms with Crippen molar-refractivity contribution in [3.8, 4) is 0 Å². The zero-order valence-corrected chi connectivity index (χ0v) is 16.5. The Morgan fingerprint density at radius 2 is 1.58 bits per heavy atom. The van der Waals surface area contributed by atoms with Gasteiger partial charge in [0.1, 0.15) is 0 Å². The Bertz CT molecular complexity index is 504. The summed E-state index contributed by atoms with van der Waals surface area (Å²) in [6.45, 7) is 3.85. The average molecular weight is 364 g/mol. The third kappa shape index (κ3) is 8.81. The van der Waals surface area contributed by atoms with Gasteiger partial charge in [-0.25, -0.2) is 0 Å². The lowest BCUT2D eigenvalue weighted by molar-refractivity contribution is 0.0661. The molecule has 1 aromatic carbocycles. The van der Waals surface area contributed by atoms with Gasteiger partial charge >= 0.3 is 0 Å². The van der Waals surface area contributed by atoms with Gasteiger partial charge in [0.25, 0.3) is 5.91 Å². The molecule has 1 rings (SSSR count). The van der Waals surface area contributed by atoms with Gasteiger partial charge in [0.2, 0.25) is 0 Å². The monoisotopic (exact) mass is 363 g/mol. The van der Waals surface area contributed by atoms with E-state index >= 15 is 0 Å². The van der Waals surface area contributed by atoms with E-state index < -0.39 is 12.1 Å². The molecule has 26 heavy (non-hydrogen) atoms. The van der Waals surface area contributed by atoms with Crippen LogP contribution < -0.4 is 5.32 Å². The quantitative estimate of drug-likeness (QED) is 0.430. The molecule has 0 saturated heterocycles. The van der Waals surface area contributed by atoms with Gasteiger partial charge in [-0.15, -0.1) is 0 Å². The van der Waals surface area contributed by atoms with Crippen LogP contribution in [0.15, 0.2) is 24.3 Å². The second-order valence-corrected chi connectivity index (χ2v) is 7.26. The first-order chi connectivity index (χ1) is 12.6. The summed E-state index contributed by atoms with van der Waals surface area (Å²) in [5, 5.41) is 22.6. The van der Waals surface area contributed by atoms with E-state index in [1.807, 2.05) is 25.1 Å². The third-order valence-corrected chi connectivity index (χ3v) is 4.97. The fourth-order valence-electron chi connectivity index (χ4n) is 3.20. The maximum absolute atomic E-state index is 12.3. The highest BCUT2D eigenvalue weighted by molar-refractivity contribution is 5.95. The van der Waals surface area contributed by atoms with Gasteiger partial charge in [-0.1, -0.05) is 82.9 Å². The molecule has 0 aliphatic heterocycles. The van der Waals surface area contributed by atoms with Crippen molar-refractivity contribution in [3.05, 3.63) is 35.4 Å². The van der Waals surface area contributed by atoms with Crippen molar-refractivity contribution in [2.24, 2.45) is 0 Å². The molecule has 1 amide bonds. The molecular formula is C22H37NO3. The molecule has 0 aliphatic carbocycles. The topological polar surface area (TPSA) is 69.6 Å². The average Bonchev–Trinajstić information content (AvgIpc) is 2.64. The van der Waals surface area contributed by atoms with Crippen LogP contribution in [-0.4, -0.2) is 34.9 Å². The summed E-state index contributed by atoms with van der Waals surface area (Å²) >= 11 is 0. The molecule has 0 saturated carbocycles. The van der Waals surface area contributed by atoms with Crippen molar-refractivity contribution < 1.29 is 15.0 Å². The number of aliphatic hydroxyl groups excluding tert-OH is 2. The molecule has 0 aromatic heterocycles. The smallest absolute Gasteiger partial charge is 0.251 e. The van der Waals surface area contributed by atoms with Crippen molar-refractivity contribution in [3.63, 3.8) is 0 Å². The van der Waals surface area contributed by atoms with Gasteiger partial charge in [-0.2, -0.15) is 0 Å². The second kappa shape index (κ2) is 13.8. The zero-order chi connectivity index (χ0) is 19.2. The molecular weight excluding hydrogens is 326 g/mol. The van der Waals surface area contributed by atoms with E-state index in [0.717, 1.165) is 18.4 Å². The Kier molecular flexibility index (Phi) is 12.0. The Labute approximate surface area is 159 Å². The summed E-state index contributed by atoms with van der Waals surface area (Å²) < 4.78 is 0. The number of amides is 1. The van der Waals surface area contributed by atoms with Crippen LogP contribution >= 0.6 is 0 Å². The van der Waals surface area contributed by atoms with Crippen LogP contribution in [0.2, 0.25) is 0 Å². The number of hydrogen-bond donors (Lipinski definition) is 3. The van der Waals surface area contributed by atoms with Crippen LogP contribution in [0.5, 0.6) is 0 Å². The molecule has 0 spiro atoms. The Morgan fingerprint density at radius 1 is 1.00 bits per heavy atom. The van der Waals surface area contributed by atoms with Crippen LogP contribution in [0.25, 0.3) is 0 Å². The van der Waals surface area contributed by atoms with Crippen molar-refractivity contribution >= 4 is 5.91 Å². The Balaban J connectivity index is 2.24. The van der Waals surface area contributed by atoms with E-state index in [0.29, 0.717) is 12.0 Å². The summed E-state index contributed by atoms with van der Waals surface area (Å²) in [7, 11) is 0. The van der Waals surface area contributed by atoms with E-state index in [-0.39, 0.29) is 12.5 Å². The number of benzene rings is 1. The minimum Gasteiger partial charge on any atom is -0.394 e. The maximum Gasteiger partial charge on any atom is 0.251 e. The SMILES string of the molecule is CCCCCCCCCCCC(O)C(CO)NC(=O)c1ccccc1C. The molecule has 0 radical (unpaired) electrons. The molecule has 1 aromatic rings. The predicted molar refractivity (Wildman–Crippen MR) is 107 cm³/mol. The summed E-state index contributed by atoms with van der Waals surface area (Å²) in [5.74, 6) is -0.242. The fourth-order valence-corrected chi connectivity index (χ4v) is 3.20. The highest BCUT2D eigenvalue weighted by Crippen LogP contribution is 2.13. The largest absolute Gasteiger partial charge is 0.394 e. The summed E-state index contributed by atoms with van der Waals surface area (Å²) in [6, 6.07) is 6.72. The number of aliphatic hydroxyl groups is 2. The third-order valence-electron chi connectivity index (χ3n) is 4.97. The Hall–Kier alpha value is -1.39.